The minimum atomic E-state index is -5.08. The predicted octanol–water partition coefficient (Wildman–Crippen LogP) is 3.25. The van der Waals surface area contributed by atoms with E-state index in [0.29, 0.717) is 6.54 Å². The van der Waals surface area contributed by atoms with Gasteiger partial charge in [-0.2, -0.15) is 13.2 Å². The molecule has 0 bridgehead atoms. The summed E-state index contributed by atoms with van der Waals surface area (Å²) in [6.07, 6.45) is -0.518. The maximum absolute atomic E-state index is 13.6. The monoisotopic (exact) mass is 418 g/mol. The quantitative estimate of drug-likeness (QED) is 0.380. The molecule has 0 amide bonds. The van der Waals surface area contributed by atoms with Crippen LogP contribution in [0.1, 0.15) is 23.2 Å². The maximum atomic E-state index is 13.6. The standard InChI is InChI=1S/C15H17FN4O2.C2HF3O2/c16-12-9-11(15(21)22)10-20-14(12)19-8-4-3-7-18-13-5-1-2-6-17-13;3-2(4,5)1(6)7/h1-2,5-6,9-10H,3-4,7-8H2,(H,17,18)(H,19,20)(H,21,22);(H,6,7). The van der Waals surface area contributed by atoms with Gasteiger partial charge in [0.1, 0.15) is 5.82 Å². The molecule has 8 nitrogen and oxygen atoms in total. The zero-order chi connectivity index (χ0) is 21.9. The molecule has 4 N–H and O–H groups in total. The largest absolute Gasteiger partial charge is 0.490 e. The molecule has 158 valence electrons. The molecule has 0 saturated heterocycles. The number of aliphatic carboxylic acids is 1. The molecule has 0 radical (unpaired) electrons. The average Bonchev–Trinajstić information content (AvgIpc) is 2.66. The number of carboxylic acid groups (broad SMARTS) is 2. The van der Waals surface area contributed by atoms with Crippen molar-refractivity contribution in [3.63, 3.8) is 0 Å². The number of rotatable bonds is 8. The number of hydrogen-bond donors (Lipinski definition) is 4. The van der Waals surface area contributed by atoms with Crippen LogP contribution >= 0.6 is 0 Å². The summed E-state index contributed by atoms with van der Waals surface area (Å²) < 4.78 is 45.3. The van der Waals surface area contributed by atoms with Crippen molar-refractivity contribution in [3.05, 3.63) is 48.0 Å². The van der Waals surface area contributed by atoms with Crippen molar-refractivity contribution in [1.82, 2.24) is 9.97 Å². The highest BCUT2D eigenvalue weighted by Crippen LogP contribution is 2.13. The molecule has 0 aliphatic rings. The number of carbonyl (C=O) groups is 2. The molecule has 0 aliphatic carbocycles. The Kier molecular flexibility index (Phi) is 9.29. The second kappa shape index (κ2) is 11.4. The van der Waals surface area contributed by atoms with Gasteiger partial charge in [0.2, 0.25) is 0 Å². The van der Waals surface area contributed by atoms with Gasteiger partial charge in [0.05, 0.1) is 5.56 Å². The van der Waals surface area contributed by atoms with Crippen LogP contribution in [-0.2, 0) is 4.79 Å². The molecule has 2 heterocycles. The van der Waals surface area contributed by atoms with Crippen LogP contribution in [0.3, 0.4) is 0 Å². The summed E-state index contributed by atoms with van der Waals surface area (Å²) >= 11 is 0. The highest BCUT2D eigenvalue weighted by atomic mass is 19.4. The first-order valence-corrected chi connectivity index (χ1v) is 8.19. The number of alkyl halides is 3. The Morgan fingerprint density at radius 2 is 1.66 bits per heavy atom. The first-order chi connectivity index (χ1) is 13.6. The van der Waals surface area contributed by atoms with Crippen LogP contribution < -0.4 is 10.6 Å². The number of nitrogens with zero attached hydrogens (tertiary/aromatic N) is 2. The van der Waals surface area contributed by atoms with Crippen LogP contribution in [0.4, 0.5) is 29.2 Å². The number of pyridine rings is 2. The topological polar surface area (TPSA) is 124 Å². The van der Waals surface area contributed by atoms with Gasteiger partial charge in [0.25, 0.3) is 0 Å². The Bertz CT molecular complexity index is 804. The van der Waals surface area contributed by atoms with E-state index in [2.05, 4.69) is 20.6 Å². The lowest BCUT2D eigenvalue weighted by Gasteiger charge is -2.08. The lowest BCUT2D eigenvalue weighted by atomic mass is 10.2. The number of anilines is 2. The van der Waals surface area contributed by atoms with E-state index < -0.39 is 23.9 Å². The number of aromatic carboxylic acids is 1. The molecule has 29 heavy (non-hydrogen) atoms. The second-order valence-corrected chi connectivity index (χ2v) is 5.44. The van der Waals surface area contributed by atoms with Gasteiger partial charge in [-0.15, -0.1) is 0 Å². The molecule has 0 fully saturated rings. The van der Waals surface area contributed by atoms with Gasteiger partial charge >= 0.3 is 18.1 Å². The van der Waals surface area contributed by atoms with E-state index in [-0.39, 0.29) is 11.4 Å². The maximum Gasteiger partial charge on any atom is 0.490 e. The van der Waals surface area contributed by atoms with Gasteiger partial charge in [-0.1, -0.05) is 6.07 Å². The van der Waals surface area contributed by atoms with Gasteiger partial charge in [0, 0.05) is 25.5 Å². The van der Waals surface area contributed by atoms with E-state index in [9.17, 15) is 22.4 Å². The first kappa shape index (κ1) is 23.6. The van der Waals surface area contributed by atoms with E-state index in [1.54, 1.807) is 6.20 Å². The van der Waals surface area contributed by atoms with Crippen molar-refractivity contribution in [1.29, 1.82) is 0 Å². The summed E-state index contributed by atoms with van der Waals surface area (Å²) in [5, 5.41) is 21.9. The third kappa shape index (κ3) is 9.35. The molecular formula is C17H18F4N4O4. The van der Waals surface area contributed by atoms with E-state index in [0.717, 1.165) is 37.5 Å². The predicted molar refractivity (Wildman–Crippen MR) is 95.3 cm³/mol. The SMILES string of the molecule is O=C(O)C(F)(F)F.O=C(O)c1cnc(NCCCCNc2ccccn2)c(F)c1. The lowest BCUT2D eigenvalue weighted by Crippen LogP contribution is -2.21. The fourth-order valence-corrected chi connectivity index (χ4v) is 1.83. The van der Waals surface area contributed by atoms with E-state index in [1.807, 2.05) is 18.2 Å². The van der Waals surface area contributed by atoms with Gasteiger partial charge in [-0.05, 0) is 31.0 Å². The Hall–Kier alpha value is -3.44. The Morgan fingerprint density at radius 3 is 2.14 bits per heavy atom. The number of nitrogens with one attached hydrogen (secondary N) is 2. The number of unbranched alkanes of at least 4 members (excludes halogenated alkanes) is 1. The van der Waals surface area contributed by atoms with Crippen molar-refractivity contribution in [2.24, 2.45) is 0 Å². The van der Waals surface area contributed by atoms with E-state index in [4.69, 9.17) is 15.0 Å². The van der Waals surface area contributed by atoms with Crippen LogP contribution in [0.25, 0.3) is 0 Å². The highest BCUT2D eigenvalue weighted by Gasteiger charge is 2.38. The average molecular weight is 418 g/mol. The smallest absolute Gasteiger partial charge is 0.478 e. The summed E-state index contributed by atoms with van der Waals surface area (Å²) in [7, 11) is 0. The van der Waals surface area contributed by atoms with Gasteiger partial charge in [-0.25, -0.2) is 23.9 Å². The fraction of sp³-hybridized carbons (Fsp3) is 0.294. The Labute approximate surface area is 162 Å². The summed E-state index contributed by atoms with van der Waals surface area (Å²) in [5.41, 5.74) is -0.164. The van der Waals surface area contributed by atoms with Crippen molar-refractivity contribution in [2.45, 2.75) is 19.0 Å². The Balaban J connectivity index is 0.000000516. The van der Waals surface area contributed by atoms with Crippen LogP contribution in [0, 0.1) is 5.82 Å². The summed E-state index contributed by atoms with van der Waals surface area (Å²) in [6, 6.07) is 6.61. The van der Waals surface area contributed by atoms with E-state index >= 15 is 0 Å². The summed E-state index contributed by atoms with van der Waals surface area (Å²) in [5.74, 6) is -3.72. The molecule has 0 aliphatic heterocycles. The minimum Gasteiger partial charge on any atom is -0.478 e. The zero-order valence-electron chi connectivity index (χ0n) is 14.9. The van der Waals surface area contributed by atoms with Crippen LogP contribution in [0.5, 0.6) is 0 Å². The third-order valence-corrected chi connectivity index (χ3v) is 3.20. The highest BCUT2D eigenvalue weighted by molar-refractivity contribution is 5.87. The van der Waals surface area contributed by atoms with Crippen molar-refractivity contribution < 1.29 is 37.4 Å². The van der Waals surface area contributed by atoms with Crippen LogP contribution in [0.2, 0.25) is 0 Å². The number of carboxylic acids is 2. The fourth-order valence-electron chi connectivity index (χ4n) is 1.83. The molecular weight excluding hydrogens is 400 g/mol. The second-order valence-electron chi connectivity index (χ2n) is 5.44. The normalized spacial score (nSPS) is 10.5. The zero-order valence-corrected chi connectivity index (χ0v) is 14.9. The molecule has 12 heteroatoms. The van der Waals surface area contributed by atoms with Crippen molar-refractivity contribution in [3.8, 4) is 0 Å². The number of halogens is 4. The van der Waals surface area contributed by atoms with E-state index in [1.165, 1.54) is 0 Å². The summed E-state index contributed by atoms with van der Waals surface area (Å²) in [4.78, 5) is 27.5. The third-order valence-electron chi connectivity index (χ3n) is 3.20. The minimum absolute atomic E-state index is 0.0719. The number of hydrogen-bond acceptors (Lipinski definition) is 6. The molecule has 0 aromatic carbocycles. The van der Waals surface area contributed by atoms with Crippen LogP contribution in [-0.4, -0.2) is 51.4 Å². The van der Waals surface area contributed by atoms with Crippen molar-refractivity contribution >= 4 is 23.6 Å². The molecule has 2 rings (SSSR count). The molecule has 2 aromatic rings. The van der Waals surface area contributed by atoms with Gasteiger partial charge in [0.15, 0.2) is 11.6 Å². The number of aromatic nitrogens is 2. The first-order valence-electron chi connectivity index (χ1n) is 8.19. The van der Waals surface area contributed by atoms with Crippen LogP contribution in [0.15, 0.2) is 36.7 Å². The van der Waals surface area contributed by atoms with Gasteiger partial charge in [-0.3, -0.25) is 0 Å². The molecule has 2 aromatic heterocycles. The summed E-state index contributed by atoms with van der Waals surface area (Å²) in [6.45, 7) is 1.33. The lowest BCUT2D eigenvalue weighted by molar-refractivity contribution is -0.192. The molecule has 0 atom stereocenters. The molecule has 0 saturated carbocycles. The molecule has 0 unspecified atom stereocenters. The van der Waals surface area contributed by atoms with Gasteiger partial charge < -0.3 is 20.8 Å². The Morgan fingerprint density at radius 1 is 1.03 bits per heavy atom. The molecule has 0 spiro atoms. The van der Waals surface area contributed by atoms with Crippen molar-refractivity contribution in [2.75, 3.05) is 23.7 Å².